The van der Waals surface area contributed by atoms with Gasteiger partial charge in [-0.1, -0.05) is 0 Å². The van der Waals surface area contributed by atoms with Crippen LogP contribution >= 0.6 is 22.9 Å². The fourth-order valence-electron chi connectivity index (χ4n) is 1.94. The van der Waals surface area contributed by atoms with Crippen LogP contribution in [0.2, 0.25) is 0 Å². The fourth-order valence-corrected chi connectivity index (χ4v) is 2.96. The summed E-state index contributed by atoms with van der Waals surface area (Å²) in [7, 11) is 2.13. The molecule has 1 aromatic rings. The van der Waals surface area contributed by atoms with Crippen molar-refractivity contribution in [3.8, 4) is 0 Å². The highest BCUT2D eigenvalue weighted by atomic mass is 35.5. The lowest BCUT2D eigenvalue weighted by Crippen LogP contribution is -2.41. The molecular weight excluding hydrogens is 282 g/mol. The van der Waals surface area contributed by atoms with Crippen molar-refractivity contribution >= 4 is 28.8 Å². The summed E-state index contributed by atoms with van der Waals surface area (Å²) in [5.41, 5.74) is 0.844. The van der Waals surface area contributed by atoms with E-state index in [0.29, 0.717) is 24.9 Å². The van der Waals surface area contributed by atoms with E-state index < -0.39 is 0 Å². The van der Waals surface area contributed by atoms with Gasteiger partial charge in [0.1, 0.15) is 5.01 Å². The Balaban J connectivity index is 1.71. The fraction of sp³-hybridized carbons (Fsp3) is 0.692. The second-order valence-electron chi connectivity index (χ2n) is 5.09. The molecule has 19 heavy (non-hydrogen) atoms. The Labute approximate surface area is 123 Å². The molecule has 0 spiro atoms. The molecule has 1 amide bonds. The molecular formula is C13H20ClN3OS. The summed E-state index contributed by atoms with van der Waals surface area (Å²) in [6, 6.07) is 1.10. The number of carbonyl (C=O) groups is 1. The Kier molecular flexibility index (Phi) is 5.19. The second kappa shape index (κ2) is 6.68. The summed E-state index contributed by atoms with van der Waals surface area (Å²) < 4.78 is 0. The van der Waals surface area contributed by atoms with Crippen molar-refractivity contribution in [3.05, 3.63) is 16.1 Å². The average molecular weight is 302 g/mol. The number of likely N-dealkylation sites (N-methyl/N-ethyl adjacent to an activating group) is 1. The van der Waals surface area contributed by atoms with Crippen LogP contribution in [0.25, 0.3) is 0 Å². The summed E-state index contributed by atoms with van der Waals surface area (Å²) in [5.74, 6) is 0.438. The van der Waals surface area contributed by atoms with Gasteiger partial charge in [-0.15, -0.1) is 22.9 Å². The second-order valence-corrected chi connectivity index (χ2v) is 6.30. The van der Waals surface area contributed by atoms with Crippen molar-refractivity contribution in [3.63, 3.8) is 0 Å². The SMILES string of the molecule is CC(CNC(=O)Cc1nc(CCl)cs1)N(C)C1CC1. The predicted octanol–water partition coefficient (Wildman–Crippen LogP) is 2.02. The van der Waals surface area contributed by atoms with E-state index in [1.807, 2.05) is 5.38 Å². The van der Waals surface area contributed by atoms with Crippen LogP contribution < -0.4 is 5.32 Å². The number of thiazole rings is 1. The Morgan fingerprint density at radius 3 is 3.00 bits per heavy atom. The monoisotopic (exact) mass is 301 g/mol. The van der Waals surface area contributed by atoms with Gasteiger partial charge in [-0.25, -0.2) is 4.98 Å². The van der Waals surface area contributed by atoms with Gasteiger partial charge in [0, 0.05) is 24.0 Å². The van der Waals surface area contributed by atoms with Gasteiger partial charge in [0.25, 0.3) is 0 Å². The number of nitrogens with one attached hydrogen (secondary N) is 1. The van der Waals surface area contributed by atoms with Crippen LogP contribution in [0.4, 0.5) is 0 Å². The third-order valence-corrected chi connectivity index (χ3v) is 4.63. The summed E-state index contributed by atoms with van der Waals surface area (Å²) >= 11 is 7.18. The quantitative estimate of drug-likeness (QED) is 0.784. The van der Waals surface area contributed by atoms with Gasteiger partial charge in [-0.05, 0) is 26.8 Å². The van der Waals surface area contributed by atoms with Gasteiger partial charge in [-0.3, -0.25) is 9.69 Å². The molecule has 0 aliphatic heterocycles. The lowest BCUT2D eigenvalue weighted by Gasteiger charge is -2.24. The molecule has 0 saturated heterocycles. The first-order valence-electron chi connectivity index (χ1n) is 6.58. The zero-order valence-electron chi connectivity index (χ0n) is 11.4. The summed E-state index contributed by atoms with van der Waals surface area (Å²) in [6.07, 6.45) is 2.92. The minimum atomic E-state index is 0.0338. The Morgan fingerprint density at radius 1 is 1.68 bits per heavy atom. The number of aromatic nitrogens is 1. The van der Waals surface area contributed by atoms with Crippen LogP contribution in [-0.2, 0) is 17.1 Å². The van der Waals surface area contributed by atoms with Crippen LogP contribution in [0.15, 0.2) is 5.38 Å². The van der Waals surface area contributed by atoms with Crippen molar-refractivity contribution in [1.29, 1.82) is 0 Å². The van der Waals surface area contributed by atoms with Gasteiger partial charge in [0.05, 0.1) is 18.0 Å². The largest absolute Gasteiger partial charge is 0.354 e. The van der Waals surface area contributed by atoms with Crippen molar-refractivity contribution < 1.29 is 4.79 Å². The van der Waals surface area contributed by atoms with Crippen LogP contribution in [0.1, 0.15) is 30.5 Å². The topological polar surface area (TPSA) is 45.2 Å². The molecule has 1 unspecified atom stereocenters. The minimum absolute atomic E-state index is 0.0338. The van der Waals surface area contributed by atoms with Crippen LogP contribution in [0.3, 0.4) is 0 Å². The molecule has 0 aromatic carbocycles. The number of carbonyl (C=O) groups excluding carboxylic acids is 1. The first kappa shape index (κ1) is 14.8. The maximum atomic E-state index is 11.8. The van der Waals surface area contributed by atoms with Gasteiger partial charge >= 0.3 is 0 Å². The molecule has 1 fully saturated rings. The highest BCUT2D eigenvalue weighted by Crippen LogP contribution is 2.26. The summed E-state index contributed by atoms with van der Waals surface area (Å²) in [6.45, 7) is 2.84. The first-order valence-corrected chi connectivity index (χ1v) is 7.99. The molecule has 1 aromatic heterocycles. The lowest BCUT2D eigenvalue weighted by molar-refractivity contribution is -0.120. The van der Waals surface area contributed by atoms with E-state index in [4.69, 9.17) is 11.6 Å². The zero-order valence-corrected chi connectivity index (χ0v) is 12.9. The number of halogens is 1. The highest BCUT2D eigenvalue weighted by molar-refractivity contribution is 7.09. The first-order chi connectivity index (χ1) is 9.10. The average Bonchev–Trinajstić information content (AvgIpc) is 3.16. The van der Waals surface area contributed by atoms with E-state index in [2.05, 4.69) is 29.2 Å². The molecule has 0 bridgehead atoms. The normalized spacial score (nSPS) is 16.6. The maximum Gasteiger partial charge on any atom is 0.226 e. The van der Waals surface area contributed by atoms with Crippen LogP contribution in [0.5, 0.6) is 0 Å². The minimum Gasteiger partial charge on any atom is -0.354 e. The van der Waals surface area contributed by atoms with Gasteiger partial charge in [0.15, 0.2) is 0 Å². The van der Waals surface area contributed by atoms with E-state index in [9.17, 15) is 4.79 Å². The smallest absolute Gasteiger partial charge is 0.226 e. The molecule has 1 N–H and O–H groups in total. The van der Waals surface area contributed by atoms with E-state index >= 15 is 0 Å². The highest BCUT2D eigenvalue weighted by Gasteiger charge is 2.29. The lowest BCUT2D eigenvalue weighted by atomic mass is 10.3. The van der Waals surface area contributed by atoms with Crippen molar-refractivity contribution in [2.45, 2.75) is 44.1 Å². The Hall–Kier alpha value is -0.650. The number of rotatable bonds is 7. The standard InChI is InChI=1S/C13H20ClN3OS/c1-9(17(2)11-3-4-11)7-15-12(18)5-13-16-10(6-14)8-19-13/h8-9,11H,3-7H2,1-2H3,(H,15,18). The van der Waals surface area contributed by atoms with E-state index in [0.717, 1.165) is 16.7 Å². The molecule has 106 valence electrons. The van der Waals surface area contributed by atoms with Crippen molar-refractivity contribution in [2.75, 3.05) is 13.6 Å². The Bertz CT molecular complexity index is 433. The maximum absolute atomic E-state index is 11.8. The molecule has 1 aliphatic carbocycles. The molecule has 0 radical (unpaired) electrons. The summed E-state index contributed by atoms with van der Waals surface area (Å²) in [5, 5.41) is 5.71. The van der Waals surface area contributed by atoms with E-state index in [-0.39, 0.29) is 5.91 Å². The van der Waals surface area contributed by atoms with Crippen LogP contribution in [-0.4, -0.2) is 41.5 Å². The third kappa shape index (κ3) is 4.44. The van der Waals surface area contributed by atoms with Crippen molar-refractivity contribution in [2.24, 2.45) is 0 Å². The molecule has 1 heterocycles. The number of hydrogen-bond donors (Lipinski definition) is 1. The molecule has 2 rings (SSSR count). The van der Waals surface area contributed by atoms with Crippen LogP contribution in [0, 0.1) is 0 Å². The third-order valence-electron chi connectivity index (χ3n) is 3.46. The number of hydrogen-bond acceptors (Lipinski definition) is 4. The molecule has 1 aliphatic rings. The number of amides is 1. The number of nitrogens with zero attached hydrogens (tertiary/aromatic N) is 2. The van der Waals surface area contributed by atoms with Gasteiger partial charge in [-0.2, -0.15) is 0 Å². The molecule has 1 atom stereocenters. The van der Waals surface area contributed by atoms with Gasteiger partial charge < -0.3 is 5.32 Å². The molecule has 1 saturated carbocycles. The zero-order chi connectivity index (χ0) is 13.8. The molecule has 4 nitrogen and oxygen atoms in total. The van der Waals surface area contributed by atoms with E-state index in [1.165, 1.54) is 24.2 Å². The van der Waals surface area contributed by atoms with E-state index in [1.54, 1.807) is 0 Å². The molecule has 6 heteroatoms. The Morgan fingerprint density at radius 2 is 2.42 bits per heavy atom. The predicted molar refractivity (Wildman–Crippen MR) is 78.6 cm³/mol. The number of alkyl halides is 1. The van der Waals surface area contributed by atoms with Crippen molar-refractivity contribution in [1.82, 2.24) is 15.2 Å². The summed E-state index contributed by atoms with van der Waals surface area (Å²) in [4.78, 5) is 18.5. The van der Waals surface area contributed by atoms with Gasteiger partial charge in [0.2, 0.25) is 5.91 Å².